The van der Waals surface area contributed by atoms with Crippen LogP contribution in [0.15, 0.2) is 35.3 Å². The van der Waals surface area contributed by atoms with Crippen LogP contribution in [-0.2, 0) is 6.42 Å². The van der Waals surface area contributed by atoms with E-state index in [4.69, 9.17) is 0 Å². The van der Waals surface area contributed by atoms with Crippen molar-refractivity contribution in [3.63, 3.8) is 0 Å². The lowest BCUT2D eigenvalue weighted by molar-refractivity contribution is 0.357. The van der Waals surface area contributed by atoms with Gasteiger partial charge in [0.25, 0.3) is 0 Å². The van der Waals surface area contributed by atoms with E-state index in [0.717, 1.165) is 13.0 Å². The molecular weight excluding hydrogens is 362 g/mol. The van der Waals surface area contributed by atoms with Crippen LogP contribution in [0.2, 0.25) is 0 Å². The number of benzene rings is 2. The second kappa shape index (κ2) is 6.85. The summed E-state index contributed by atoms with van der Waals surface area (Å²) in [6.07, 6.45) is 2.96. The van der Waals surface area contributed by atoms with Crippen molar-refractivity contribution in [1.82, 2.24) is 5.32 Å². The molecule has 0 amide bonds. The third kappa shape index (κ3) is 3.94. The molecule has 2 aromatic carbocycles. The van der Waals surface area contributed by atoms with Gasteiger partial charge in [0.15, 0.2) is 0 Å². The van der Waals surface area contributed by atoms with E-state index in [1.807, 2.05) is 17.7 Å². The quantitative estimate of drug-likeness (QED) is 0.517. The minimum absolute atomic E-state index is 0.0306. The molecule has 1 aromatic heterocycles. The fourth-order valence-electron chi connectivity index (χ4n) is 3.81. The van der Waals surface area contributed by atoms with Gasteiger partial charge in [0, 0.05) is 16.6 Å². The van der Waals surface area contributed by atoms with Crippen molar-refractivity contribution in [1.29, 1.82) is 0 Å². The summed E-state index contributed by atoms with van der Waals surface area (Å²) in [5.74, 6) is 0. The van der Waals surface area contributed by atoms with Crippen molar-refractivity contribution in [2.75, 3.05) is 11.9 Å². The van der Waals surface area contributed by atoms with Gasteiger partial charge in [-0.15, -0.1) is 11.3 Å². The second-order valence-corrected chi connectivity index (χ2v) is 11.4. The molecule has 0 saturated carbocycles. The summed E-state index contributed by atoms with van der Waals surface area (Å²) in [6, 6.07) is 11.5. The number of aliphatic imine (C=N–C) groups is 1. The fourth-order valence-corrected chi connectivity index (χ4v) is 5.13. The molecule has 4 rings (SSSR count). The zero-order valence-corrected chi connectivity index (χ0v) is 18.6. The lowest BCUT2D eigenvalue weighted by Crippen LogP contribution is -2.31. The van der Waals surface area contributed by atoms with E-state index in [9.17, 15) is 0 Å². The SMILES string of the molecule is CC(C)(C)CNC1N=CNc2c1sc1c2ccc2cc(CC(C)(C)C)ccc21. The Morgan fingerprint density at radius 2 is 1.75 bits per heavy atom. The molecule has 3 nitrogen and oxygen atoms in total. The molecule has 1 aliphatic heterocycles. The maximum absolute atomic E-state index is 4.67. The molecule has 0 radical (unpaired) electrons. The van der Waals surface area contributed by atoms with Crippen LogP contribution in [0.4, 0.5) is 5.69 Å². The molecule has 3 aromatic rings. The van der Waals surface area contributed by atoms with E-state index in [-0.39, 0.29) is 11.6 Å². The highest BCUT2D eigenvalue weighted by molar-refractivity contribution is 7.21. The summed E-state index contributed by atoms with van der Waals surface area (Å²) in [7, 11) is 0. The number of hydrogen-bond acceptors (Lipinski definition) is 4. The van der Waals surface area contributed by atoms with Gasteiger partial charge in [0.1, 0.15) is 6.17 Å². The molecule has 28 heavy (non-hydrogen) atoms. The fraction of sp³-hybridized carbons (Fsp3) is 0.458. The highest BCUT2D eigenvalue weighted by Gasteiger charge is 2.24. The monoisotopic (exact) mass is 393 g/mol. The number of nitrogens with zero attached hydrogens (tertiary/aromatic N) is 1. The highest BCUT2D eigenvalue weighted by Crippen LogP contribution is 2.44. The van der Waals surface area contributed by atoms with Crippen molar-refractivity contribution in [3.05, 3.63) is 40.8 Å². The zero-order valence-electron chi connectivity index (χ0n) is 17.8. The number of rotatable bonds is 3. The van der Waals surface area contributed by atoms with Gasteiger partial charge in [0.2, 0.25) is 0 Å². The van der Waals surface area contributed by atoms with Crippen molar-refractivity contribution in [3.8, 4) is 0 Å². The Hall–Kier alpha value is -1.91. The summed E-state index contributed by atoms with van der Waals surface area (Å²) in [5, 5.41) is 11.0. The van der Waals surface area contributed by atoms with Crippen molar-refractivity contribution in [2.45, 2.75) is 54.1 Å². The van der Waals surface area contributed by atoms with Crippen LogP contribution in [0.5, 0.6) is 0 Å². The van der Waals surface area contributed by atoms with E-state index in [2.05, 4.69) is 87.5 Å². The molecular formula is C24H31N3S. The van der Waals surface area contributed by atoms with Gasteiger partial charge < -0.3 is 5.32 Å². The predicted octanol–water partition coefficient (Wildman–Crippen LogP) is 6.73. The van der Waals surface area contributed by atoms with Gasteiger partial charge in [-0.2, -0.15) is 0 Å². The largest absolute Gasteiger partial charge is 0.345 e. The van der Waals surface area contributed by atoms with Crippen molar-refractivity contribution < 1.29 is 0 Å². The summed E-state index contributed by atoms with van der Waals surface area (Å²) < 4.78 is 1.35. The number of thiophene rings is 1. The average Bonchev–Trinajstić information content (AvgIpc) is 2.97. The number of hydrogen-bond donors (Lipinski definition) is 2. The topological polar surface area (TPSA) is 36.4 Å². The molecule has 0 bridgehead atoms. The Kier molecular flexibility index (Phi) is 4.75. The van der Waals surface area contributed by atoms with Crippen LogP contribution in [0.3, 0.4) is 0 Å². The first kappa shape index (κ1) is 19.4. The summed E-state index contributed by atoms with van der Waals surface area (Å²) in [4.78, 5) is 5.95. The number of nitrogens with one attached hydrogen (secondary N) is 2. The van der Waals surface area contributed by atoms with E-state index >= 15 is 0 Å². The summed E-state index contributed by atoms with van der Waals surface area (Å²) >= 11 is 1.87. The van der Waals surface area contributed by atoms with E-state index in [1.54, 1.807) is 0 Å². The Morgan fingerprint density at radius 3 is 2.46 bits per heavy atom. The smallest absolute Gasteiger partial charge is 0.138 e. The Morgan fingerprint density at radius 1 is 1.00 bits per heavy atom. The summed E-state index contributed by atoms with van der Waals surface area (Å²) in [6.45, 7) is 14.6. The molecule has 2 N–H and O–H groups in total. The second-order valence-electron chi connectivity index (χ2n) is 10.3. The van der Waals surface area contributed by atoms with Crippen LogP contribution in [0.25, 0.3) is 20.9 Å². The molecule has 0 fully saturated rings. The van der Waals surface area contributed by atoms with Gasteiger partial charge in [-0.3, -0.25) is 10.3 Å². The maximum Gasteiger partial charge on any atom is 0.138 e. The third-order valence-electron chi connectivity index (χ3n) is 5.00. The van der Waals surface area contributed by atoms with Gasteiger partial charge >= 0.3 is 0 Å². The van der Waals surface area contributed by atoms with Crippen LogP contribution in [0.1, 0.15) is 58.1 Å². The van der Waals surface area contributed by atoms with Crippen LogP contribution >= 0.6 is 11.3 Å². The third-order valence-corrected chi connectivity index (χ3v) is 6.29. The Balaban J connectivity index is 1.75. The Labute approximate surface area is 172 Å². The molecule has 4 heteroatoms. The zero-order chi connectivity index (χ0) is 20.1. The van der Waals surface area contributed by atoms with E-state index in [1.165, 1.54) is 37.0 Å². The molecule has 0 saturated heterocycles. The van der Waals surface area contributed by atoms with Crippen LogP contribution in [-0.4, -0.2) is 12.9 Å². The van der Waals surface area contributed by atoms with E-state index in [0.29, 0.717) is 5.41 Å². The lowest BCUT2D eigenvalue weighted by atomic mass is 9.87. The predicted molar refractivity (Wildman–Crippen MR) is 125 cm³/mol. The molecule has 0 spiro atoms. The summed E-state index contributed by atoms with van der Waals surface area (Å²) in [5.41, 5.74) is 3.15. The minimum Gasteiger partial charge on any atom is -0.345 e. The molecule has 0 aliphatic carbocycles. The standard InChI is InChI=1S/C24H31N3S/c1-23(2,3)12-15-7-9-17-16(11-15)8-10-18-19-21(28-20(17)18)22(27-14-26-19)25-13-24(4,5)6/h7-11,14,22,25H,12-13H2,1-6H3,(H,26,27). The maximum atomic E-state index is 4.67. The first-order valence-electron chi connectivity index (χ1n) is 10.1. The molecule has 2 heterocycles. The first-order valence-corrected chi connectivity index (χ1v) is 10.9. The van der Waals surface area contributed by atoms with Gasteiger partial charge in [-0.1, -0.05) is 71.9 Å². The molecule has 1 atom stereocenters. The lowest BCUT2D eigenvalue weighted by Gasteiger charge is -2.24. The molecule has 1 aliphatic rings. The van der Waals surface area contributed by atoms with Crippen molar-refractivity contribution >= 4 is 44.2 Å². The molecule has 148 valence electrons. The first-order chi connectivity index (χ1) is 13.1. The normalized spacial score (nSPS) is 17.1. The minimum atomic E-state index is 0.0306. The van der Waals surface area contributed by atoms with Gasteiger partial charge in [-0.25, -0.2) is 0 Å². The number of anilines is 1. The van der Waals surface area contributed by atoms with Gasteiger partial charge in [-0.05, 0) is 33.6 Å². The van der Waals surface area contributed by atoms with Crippen LogP contribution < -0.4 is 10.6 Å². The average molecular weight is 394 g/mol. The van der Waals surface area contributed by atoms with Crippen molar-refractivity contribution in [2.24, 2.45) is 15.8 Å². The number of fused-ring (bicyclic) bond motifs is 5. The molecule has 1 unspecified atom stereocenters. The van der Waals surface area contributed by atoms with Gasteiger partial charge in [0.05, 0.1) is 16.9 Å². The Bertz CT molecular complexity index is 1050. The van der Waals surface area contributed by atoms with Crippen LogP contribution in [0, 0.1) is 10.8 Å². The van der Waals surface area contributed by atoms with E-state index < -0.39 is 0 Å². The highest BCUT2D eigenvalue weighted by atomic mass is 32.1.